The predicted octanol–water partition coefficient (Wildman–Crippen LogP) is 0.493. The van der Waals surface area contributed by atoms with Crippen molar-refractivity contribution in [1.82, 2.24) is 4.90 Å². The van der Waals surface area contributed by atoms with Crippen molar-refractivity contribution in [3.63, 3.8) is 0 Å². The summed E-state index contributed by atoms with van der Waals surface area (Å²) in [6.45, 7) is 1.91. The lowest BCUT2D eigenvalue weighted by Crippen LogP contribution is -2.48. The Morgan fingerprint density at radius 3 is 2.53 bits per heavy atom. The van der Waals surface area contributed by atoms with Gasteiger partial charge >= 0.3 is 6.09 Å². The summed E-state index contributed by atoms with van der Waals surface area (Å²) in [7, 11) is -3.51. The SMILES string of the molecule is CC1CCC(OS(C)(=O)=O)CN1C(=O)O. The van der Waals surface area contributed by atoms with E-state index in [1.807, 2.05) is 0 Å². The number of rotatable bonds is 2. The third-order valence-corrected chi connectivity index (χ3v) is 3.02. The number of carboxylic acid groups (broad SMARTS) is 1. The molecule has 1 amide bonds. The van der Waals surface area contributed by atoms with Crippen LogP contribution < -0.4 is 0 Å². The molecule has 6 nitrogen and oxygen atoms in total. The highest BCUT2D eigenvalue weighted by Crippen LogP contribution is 2.20. The van der Waals surface area contributed by atoms with Gasteiger partial charge in [0, 0.05) is 6.04 Å². The predicted molar refractivity (Wildman–Crippen MR) is 53.1 cm³/mol. The van der Waals surface area contributed by atoms with E-state index in [2.05, 4.69) is 0 Å². The molecule has 1 aliphatic heterocycles. The zero-order chi connectivity index (χ0) is 11.6. The number of hydrogen-bond acceptors (Lipinski definition) is 4. The lowest BCUT2D eigenvalue weighted by atomic mass is 10.0. The fourth-order valence-electron chi connectivity index (χ4n) is 1.67. The molecule has 1 saturated heterocycles. The summed E-state index contributed by atoms with van der Waals surface area (Å²) in [5, 5.41) is 8.85. The molecular weight excluding hydrogens is 222 g/mol. The zero-order valence-corrected chi connectivity index (χ0v) is 9.53. The summed E-state index contributed by atoms with van der Waals surface area (Å²) in [6.07, 6.45) is 0.567. The standard InChI is InChI=1S/C8H15NO5S/c1-6-3-4-7(14-15(2,12)13)5-9(6)8(10)11/h6-7H,3-5H2,1-2H3,(H,10,11). The number of likely N-dealkylation sites (tertiary alicyclic amines) is 1. The van der Waals surface area contributed by atoms with E-state index in [9.17, 15) is 13.2 Å². The van der Waals surface area contributed by atoms with Gasteiger partial charge in [-0.15, -0.1) is 0 Å². The maximum Gasteiger partial charge on any atom is 0.407 e. The summed E-state index contributed by atoms with van der Waals surface area (Å²) in [5.74, 6) is 0. The second-order valence-electron chi connectivity index (χ2n) is 3.78. The number of nitrogens with zero attached hydrogens (tertiary/aromatic N) is 1. The first-order valence-electron chi connectivity index (χ1n) is 4.67. The maximum atomic E-state index is 10.9. The van der Waals surface area contributed by atoms with Crippen LogP contribution in [0.25, 0.3) is 0 Å². The second-order valence-corrected chi connectivity index (χ2v) is 5.38. The molecule has 1 rings (SSSR count). The molecule has 7 heteroatoms. The maximum absolute atomic E-state index is 10.9. The largest absolute Gasteiger partial charge is 0.465 e. The lowest BCUT2D eigenvalue weighted by Gasteiger charge is -2.35. The first-order chi connectivity index (χ1) is 6.79. The first kappa shape index (κ1) is 12.3. The van der Waals surface area contributed by atoms with Crippen molar-refractivity contribution in [2.24, 2.45) is 0 Å². The van der Waals surface area contributed by atoms with E-state index >= 15 is 0 Å². The van der Waals surface area contributed by atoms with Crippen molar-refractivity contribution < 1.29 is 22.5 Å². The van der Waals surface area contributed by atoms with Crippen LogP contribution in [0.2, 0.25) is 0 Å². The summed E-state index contributed by atoms with van der Waals surface area (Å²) in [4.78, 5) is 12.0. The number of amides is 1. The Kier molecular flexibility index (Phi) is 3.56. The molecule has 2 atom stereocenters. The molecule has 0 aromatic carbocycles. The van der Waals surface area contributed by atoms with E-state index in [1.165, 1.54) is 4.90 Å². The van der Waals surface area contributed by atoms with Crippen LogP contribution in [-0.4, -0.2) is 49.5 Å². The molecule has 0 spiro atoms. The van der Waals surface area contributed by atoms with Gasteiger partial charge in [-0.2, -0.15) is 8.42 Å². The summed E-state index contributed by atoms with van der Waals surface area (Å²) < 4.78 is 26.5. The van der Waals surface area contributed by atoms with E-state index in [1.54, 1.807) is 6.92 Å². The van der Waals surface area contributed by atoms with Crippen molar-refractivity contribution in [2.75, 3.05) is 12.8 Å². The van der Waals surface area contributed by atoms with Crippen LogP contribution in [0.15, 0.2) is 0 Å². The molecule has 0 aliphatic carbocycles. The van der Waals surface area contributed by atoms with Gasteiger partial charge in [0.25, 0.3) is 10.1 Å². The number of hydrogen-bond donors (Lipinski definition) is 1. The highest BCUT2D eigenvalue weighted by atomic mass is 32.2. The van der Waals surface area contributed by atoms with Gasteiger partial charge in [-0.3, -0.25) is 4.18 Å². The van der Waals surface area contributed by atoms with E-state index in [-0.39, 0.29) is 12.6 Å². The molecular formula is C8H15NO5S. The third kappa shape index (κ3) is 3.67. The van der Waals surface area contributed by atoms with Gasteiger partial charge in [-0.25, -0.2) is 4.79 Å². The highest BCUT2D eigenvalue weighted by molar-refractivity contribution is 7.86. The fourth-order valence-corrected chi connectivity index (χ4v) is 2.32. The average Bonchev–Trinajstić information content (AvgIpc) is 2.05. The molecule has 2 unspecified atom stereocenters. The van der Waals surface area contributed by atoms with Gasteiger partial charge in [-0.05, 0) is 19.8 Å². The van der Waals surface area contributed by atoms with Crippen molar-refractivity contribution in [2.45, 2.75) is 31.9 Å². The van der Waals surface area contributed by atoms with Crippen LogP contribution in [0.4, 0.5) is 4.79 Å². The van der Waals surface area contributed by atoms with Crippen LogP contribution in [0.5, 0.6) is 0 Å². The molecule has 88 valence electrons. The van der Waals surface area contributed by atoms with E-state index in [0.717, 1.165) is 6.26 Å². The average molecular weight is 237 g/mol. The Labute approximate surface area is 89.0 Å². The van der Waals surface area contributed by atoms with E-state index < -0.39 is 22.3 Å². The smallest absolute Gasteiger partial charge is 0.407 e. The van der Waals surface area contributed by atoms with E-state index in [4.69, 9.17) is 9.29 Å². The van der Waals surface area contributed by atoms with Gasteiger partial charge in [0.05, 0.1) is 18.9 Å². The molecule has 1 fully saturated rings. The van der Waals surface area contributed by atoms with E-state index in [0.29, 0.717) is 12.8 Å². The number of carbonyl (C=O) groups is 1. The summed E-state index contributed by atoms with van der Waals surface area (Å²) >= 11 is 0. The molecule has 0 aromatic heterocycles. The molecule has 1 N–H and O–H groups in total. The minimum atomic E-state index is -3.51. The van der Waals surface area contributed by atoms with Crippen LogP contribution in [-0.2, 0) is 14.3 Å². The monoisotopic (exact) mass is 237 g/mol. The lowest BCUT2D eigenvalue weighted by molar-refractivity contribution is 0.0572. The Bertz CT molecular complexity index is 339. The first-order valence-corrected chi connectivity index (χ1v) is 6.49. The Balaban J connectivity index is 2.62. The molecule has 0 saturated carbocycles. The minimum absolute atomic E-state index is 0.0816. The van der Waals surface area contributed by atoms with Gasteiger partial charge < -0.3 is 10.0 Å². The highest BCUT2D eigenvalue weighted by Gasteiger charge is 2.30. The molecule has 0 aromatic rings. The molecule has 15 heavy (non-hydrogen) atoms. The van der Waals surface area contributed by atoms with Crippen LogP contribution in [0, 0.1) is 0 Å². The second kappa shape index (κ2) is 4.36. The minimum Gasteiger partial charge on any atom is -0.465 e. The van der Waals surface area contributed by atoms with Gasteiger partial charge in [0.15, 0.2) is 0 Å². The van der Waals surface area contributed by atoms with Crippen LogP contribution in [0.1, 0.15) is 19.8 Å². The van der Waals surface area contributed by atoms with Gasteiger partial charge in [-0.1, -0.05) is 0 Å². The van der Waals surface area contributed by atoms with Gasteiger partial charge in [0.1, 0.15) is 0 Å². The summed E-state index contributed by atoms with van der Waals surface area (Å²) in [6, 6.07) is -0.0816. The Morgan fingerprint density at radius 1 is 1.47 bits per heavy atom. The molecule has 1 heterocycles. The topological polar surface area (TPSA) is 83.9 Å². The van der Waals surface area contributed by atoms with Crippen LogP contribution >= 0.6 is 0 Å². The molecule has 1 aliphatic rings. The van der Waals surface area contributed by atoms with Crippen molar-refractivity contribution in [1.29, 1.82) is 0 Å². The molecule has 0 bridgehead atoms. The Hall–Kier alpha value is -0.820. The Morgan fingerprint density at radius 2 is 2.07 bits per heavy atom. The summed E-state index contributed by atoms with van der Waals surface area (Å²) in [5.41, 5.74) is 0. The van der Waals surface area contributed by atoms with Crippen molar-refractivity contribution >= 4 is 16.2 Å². The zero-order valence-electron chi connectivity index (χ0n) is 8.71. The fraction of sp³-hybridized carbons (Fsp3) is 0.875. The molecule has 0 radical (unpaired) electrons. The van der Waals surface area contributed by atoms with Crippen molar-refractivity contribution in [3.05, 3.63) is 0 Å². The normalized spacial score (nSPS) is 27.7. The quantitative estimate of drug-likeness (QED) is 0.707. The van der Waals surface area contributed by atoms with Crippen molar-refractivity contribution in [3.8, 4) is 0 Å². The van der Waals surface area contributed by atoms with Crippen LogP contribution in [0.3, 0.4) is 0 Å². The van der Waals surface area contributed by atoms with Gasteiger partial charge in [0.2, 0.25) is 0 Å². The number of piperidine rings is 1. The third-order valence-electron chi connectivity index (χ3n) is 2.40.